The average molecular weight is 654 g/mol. The Bertz CT molecular complexity index is 2690. The van der Waals surface area contributed by atoms with Crippen molar-refractivity contribution < 1.29 is 0 Å². The number of hydrogen-bond acceptors (Lipinski definition) is 1. The van der Waals surface area contributed by atoms with Crippen LogP contribution in [0, 0.1) is 0 Å². The van der Waals surface area contributed by atoms with Crippen LogP contribution in [0.5, 0.6) is 0 Å². The highest BCUT2D eigenvalue weighted by molar-refractivity contribution is 6.09. The van der Waals surface area contributed by atoms with Crippen LogP contribution < -0.4 is 5.32 Å². The van der Waals surface area contributed by atoms with Crippen LogP contribution in [0.15, 0.2) is 170 Å². The lowest BCUT2D eigenvalue weighted by Crippen LogP contribution is -2.01. The second-order valence-electron chi connectivity index (χ2n) is 13.5. The summed E-state index contributed by atoms with van der Waals surface area (Å²) >= 11 is 0. The van der Waals surface area contributed by atoms with Crippen molar-refractivity contribution in [2.75, 3.05) is 5.32 Å². The Kier molecular flexibility index (Phi) is 6.78. The van der Waals surface area contributed by atoms with E-state index in [4.69, 9.17) is 0 Å². The molecule has 0 bridgehead atoms. The van der Waals surface area contributed by atoms with Gasteiger partial charge in [-0.15, -0.1) is 0 Å². The third kappa shape index (κ3) is 4.74. The van der Waals surface area contributed by atoms with Crippen molar-refractivity contribution in [2.45, 2.75) is 12.3 Å². The maximum absolute atomic E-state index is 4.10. The van der Waals surface area contributed by atoms with Crippen LogP contribution in [0.25, 0.3) is 67.4 Å². The molecule has 3 heterocycles. The zero-order valence-corrected chi connectivity index (χ0v) is 28.1. The van der Waals surface area contributed by atoms with Crippen molar-refractivity contribution in [1.29, 1.82) is 0 Å². The minimum atomic E-state index is 0.406. The number of para-hydroxylation sites is 3. The van der Waals surface area contributed by atoms with E-state index in [0.717, 1.165) is 28.9 Å². The molecule has 2 aliphatic rings. The van der Waals surface area contributed by atoms with E-state index in [1.54, 1.807) is 0 Å². The van der Waals surface area contributed by atoms with Crippen LogP contribution in [0.4, 0.5) is 11.4 Å². The molecular formula is C48H35N3. The Hall–Kier alpha value is -6.58. The van der Waals surface area contributed by atoms with Gasteiger partial charge in [0.25, 0.3) is 0 Å². The second-order valence-corrected chi connectivity index (χ2v) is 13.5. The molecule has 51 heavy (non-hydrogen) atoms. The normalized spacial score (nSPS) is 14.8. The summed E-state index contributed by atoms with van der Waals surface area (Å²) in [6.07, 6.45) is 14.0. The first-order valence-corrected chi connectivity index (χ1v) is 17.7. The molecule has 1 N–H and O–H groups in total. The summed E-state index contributed by atoms with van der Waals surface area (Å²) in [5.41, 5.74) is 16.0. The summed E-state index contributed by atoms with van der Waals surface area (Å²) in [4.78, 5) is 0. The lowest BCUT2D eigenvalue weighted by molar-refractivity contribution is 0.820. The SMILES string of the molecule is C=C/C(=C\C=C\n1c2ccccc2c2ccccc21)c1ccc(Nc2ccc(-c3ccc4c(c3)C3CC=Cc5c3n-4c3ccccc53)cc2)cc1. The van der Waals surface area contributed by atoms with Crippen LogP contribution in [-0.4, -0.2) is 9.13 Å². The maximum Gasteiger partial charge on any atom is 0.0538 e. The second kappa shape index (κ2) is 11.8. The zero-order valence-electron chi connectivity index (χ0n) is 28.1. The summed E-state index contributed by atoms with van der Waals surface area (Å²) in [7, 11) is 0. The molecule has 1 aliphatic carbocycles. The van der Waals surface area contributed by atoms with Gasteiger partial charge >= 0.3 is 0 Å². The fraction of sp³-hybridized carbons (Fsp3) is 0.0417. The lowest BCUT2D eigenvalue weighted by atomic mass is 9.86. The fourth-order valence-electron chi connectivity index (χ4n) is 8.27. The molecule has 0 saturated carbocycles. The maximum atomic E-state index is 4.10. The molecule has 0 amide bonds. The van der Waals surface area contributed by atoms with Gasteiger partial charge in [0.15, 0.2) is 0 Å². The molecular weight excluding hydrogens is 619 g/mol. The molecule has 0 radical (unpaired) electrons. The largest absolute Gasteiger partial charge is 0.356 e. The minimum Gasteiger partial charge on any atom is -0.356 e. The van der Waals surface area contributed by atoms with E-state index in [1.807, 2.05) is 6.08 Å². The molecule has 1 atom stereocenters. The number of aromatic nitrogens is 2. The number of nitrogens with zero attached hydrogens (tertiary/aromatic N) is 2. The number of rotatable bonds is 7. The highest BCUT2D eigenvalue weighted by Gasteiger charge is 2.34. The fourth-order valence-corrected chi connectivity index (χ4v) is 8.27. The molecule has 242 valence electrons. The Morgan fingerprint density at radius 3 is 2.00 bits per heavy atom. The lowest BCUT2D eigenvalue weighted by Gasteiger charge is -2.16. The highest BCUT2D eigenvalue weighted by atomic mass is 15.0. The van der Waals surface area contributed by atoms with Gasteiger partial charge in [0.2, 0.25) is 0 Å². The van der Waals surface area contributed by atoms with Crippen molar-refractivity contribution in [3.63, 3.8) is 0 Å². The number of fused-ring (bicyclic) bond motifs is 9. The van der Waals surface area contributed by atoms with Crippen LogP contribution >= 0.6 is 0 Å². The summed E-state index contributed by atoms with van der Waals surface area (Å²) in [6.45, 7) is 4.10. The smallest absolute Gasteiger partial charge is 0.0538 e. The Labute approximate surface area is 297 Å². The zero-order chi connectivity index (χ0) is 33.9. The van der Waals surface area contributed by atoms with Crippen LogP contribution in [0.1, 0.15) is 34.7 Å². The molecule has 0 spiro atoms. The summed E-state index contributed by atoms with van der Waals surface area (Å²) < 4.78 is 4.75. The third-order valence-corrected chi connectivity index (χ3v) is 10.7. The molecule has 3 heteroatoms. The molecule has 3 nitrogen and oxygen atoms in total. The van der Waals surface area contributed by atoms with Crippen LogP contribution in [0.3, 0.4) is 0 Å². The van der Waals surface area contributed by atoms with E-state index in [9.17, 15) is 0 Å². The van der Waals surface area contributed by atoms with E-state index in [-0.39, 0.29) is 0 Å². The van der Waals surface area contributed by atoms with Crippen LogP contribution in [0.2, 0.25) is 0 Å². The summed E-state index contributed by atoms with van der Waals surface area (Å²) in [5, 5.41) is 7.46. The number of nitrogens with one attached hydrogen (secondary N) is 1. The Balaban J connectivity index is 0.863. The predicted molar refractivity (Wildman–Crippen MR) is 217 cm³/mol. The Morgan fingerprint density at radius 1 is 0.667 bits per heavy atom. The van der Waals surface area contributed by atoms with Gasteiger partial charge in [0, 0.05) is 56.6 Å². The van der Waals surface area contributed by atoms with Gasteiger partial charge in [-0.25, -0.2) is 0 Å². The van der Waals surface area contributed by atoms with E-state index in [1.165, 1.54) is 66.3 Å². The van der Waals surface area contributed by atoms with Gasteiger partial charge in [-0.1, -0.05) is 116 Å². The Morgan fingerprint density at radius 2 is 1.29 bits per heavy atom. The molecule has 10 rings (SSSR count). The van der Waals surface area contributed by atoms with Gasteiger partial charge in [-0.2, -0.15) is 0 Å². The van der Waals surface area contributed by atoms with E-state index in [2.05, 4.69) is 191 Å². The van der Waals surface area contributed by atoms with Gasteiger partial charge in [0.05, 0.1) is 16.6 Å². The average Bonchev–Trinajstić information content (AvgIpc) is 3.82. The summed E-state index contributed by atoms with van der Waals surface area (Å²) in [6, 6.07) is 50.2. The standard InChI is InChI=1S/C48H35N3/c1-2-32(11-10-30-50-44-17-6-3-12-38(44)39-13-4-7-18-45(39)50)33-20-25-36(26-21-33)49-37-27-22-34(23-28-37)35-24-29-47-43(31-35)42-16-9-15-41-40-14-5-8-19-46(40)51(47)48(41)42/h2-15,17-31,42,49H,1,16H2/b30-10+,32-11+. The predicted octanol–water partition coefficient (Wildman–Crippen LogP) is 12.8. The third-order valence-electron chi connectivity index (χ3n) is 10.7. The molecule has 2 aromatic heterocycles. The molecule has 8 aromatic rings. The van der Waals surface area contributed by atoms with Crippen molar-refractivity contribution in [2.24, 2.45) is 0 Å². The van der Waals surface area contributed by atoms with Crippen molar-refractivity contribution >= 4 is 61.9 Å². The number of benzene rings is 6. The summed E-state index contributed by atoms with van der Waals surface area (Å²) in [5.74, 6) is 0.406. The first-order chi connectivity index (χ1) is 25.2. The van der Waals surface area contributed by atoms with E-state index >= 15 is 0 Å². The van der Waals surface area contributed by atoms with Gasteiger partial charge < -0.3 is 14.5 Å². The molecule has 6 aromatic carbocycles. The van der Waals surface area contributed by atoms with E-state index in [0.29, 0.717) is 5.92 Å². The number of allylic oxidation sites excluding steroid dienone is 5. The van der Waals surface area contributed by atoms with Gasteiger partial charge in [0.1, 0.15) is 0 Å². The van der Waals surface area contributed by atoms with Crippen molar-refractivity contribution in [1.82, 2.24) is 9.13 Å². The molecule has 1 aliphatic heterocycles. The monoisotopic (exact) mass is 653 g/mol. The number of hydrogen-bond donors (Lipinski definition) is 1. The molecule has 1 unspecified atom stereocenters. The van der Waals surface area contributed by atoms with Crippen LogP contribution in [-0.2, 0) is 0 Å². The highest BCUT2D eigenvalue weighted by Crippen LogP contribution is 2.49. The van der Waals surface area contributed by atoms with Crippen molar-refractivity contribution in [3.05, 3.63) is 193 Å². The minimum absolute atomic E-state index is 0.406. The molecule has 0 fully saturated rings. The first kappa shape index (κ1) is 29.3. The first-order valence-electron chi connectivity index (χ1n) is 17.7. The van der Waals surface area contributed by atoms with E-state index < -0.39 is 0 Å². The topological polar surface area (TPSA) is 21.9 Å². The van der Waals surface area contributed by atoms with Gasteiger partial charge in [-0.05, 0) is 94.9 Å². The van der Waals surface area contributed by atoms with Gasteiger partial charge in [-0.3, -0.25) is 0 Å². The number of anilines is 2. The molecule has 0 saturated heterocycles. The van der Waals surface area contributed by atoms with Crippen molar-refractivity contribution in [3.8, 4) is 16.8 Å². The quantitative estimate of drug-likeness (QED) is 0.170.